The average Bonchev–Trinajstić information content (AvgIpc) is 2.43. The molecule has 0 fully saturated rings. The van der Waals surface area contributed by atoms with E-state index in [1.807, 2.05) is 0 Å². The van der Waals surface area contributed by atoms with Gasteiger partial charge in [0.15, 0.2) is 0 Å². The summed E-state index contributed by atoms with van der Waals surface area (Å²) in [5.41, 5.74) is -0.459. The zero-order valence-corrected chi connectivity index (χ0v) is 8.39. The zero-order valence-electron chi connectivity index (χ0n) is 7.64. The topological polar surface area (TPSA) is 17.8 Å². The van der Waals surface area contributed by atoms with Gasteiger partial charge in [-0.25, -0.2) is 4.98 Å². The molecule has 2 rings (SSSR count). The summed E-state index contributed by atoms with van der Waals surface area (Å²) in [4.78, 5) is 3.84. The first-order chi connectivity index (χ1) is 6.89. The van der Waals surface area contributed by atoms with Crippen molar-refractivity contribution in [3.8, 4) is 0 Å². The Labute approximate surface area is 88.3 Å². The second kappa shape index (κ2) is 3.13. The summed E-state index contributed by atoms with van der Waals surface area (Å²) in [5.74, 6) is 0. The maximum atomic E-state index is 12.6. The maximum Gasteiger partial charge on any atom is 0.418 e. The molecular weight excluding hydrogens is 229 g/mol. The molecule has 0 aliphatic heterocycles. The molecule has 0 atom stereocenters. The van der Waals surface area contributed by atoms with Crippen molar-refractivity contribution in [1.29, 1.82) is 0 Å². The Hall–Kier alpha value is -1.23. The van der Waals surface area contributed by atoms with E-state index < -0.39 is 11.7 Å². The van der Waals surface area contributed by atoms with Crippen LogP contribution >= 0.6 is 11.6 Å². The Morgan fingerprint density at radius 1 is 1.33 bits per heavy atom. The van der Waals surface area contributed by atoms with Crippen LogP contribution in [0.5, 0.6) is 0 Å². The Kier molecular flexibility index (Phi) is 2.15. The number of alkyl halides is 3. The Morgan fingerprint density at radius 3 is 2.60 bits per heavy atom. The fraction of sp³-hybridized carbons (Fsp3) is 0.222. The van der Waals surface area contributed by atoms with Gasteiger partial charge in [0.05, 0.1) is 5.56 Å². The molecule has 0 unspecified atom stereocenters. The normalized spacial score (nSPS) is 12.3. The average molecular weight is 235 g/mol. The summed E-state index contributed by atoms with van der Waals surface area (Å²) in [7, 11) is 1.50. The molecule has 0 aliphatic carbocycles. The number of hydrogen-bond acceptors (Lipinski definition) is 1. The van der Waals surface area contributed by atoms with Gasteiger partial charge in [-0.15, -0.1) is 0 Å². The number of halogens is 4. The van der Waals surface area contributed by atoms with Gasteiger partial charge in [0, 0.05) is 18.6 Å². The van der Waals surface area contributed by atoms with Gasteiger partial charge in [-0.3, -0.25) is 0 Å². The van der Waals surface area contributed by atoms with Gasteiger partial charge in [0.25, 0.3) is 0 Å². The molecule has 0 N–H and O–H groups in total. The summed E-state index contributed by atoms with van der Waals surface area (Å²) in [6, 6.07) is 2.67. The number of aromatic nitrogens is 2. The van der Waals surface area contributed by atoms with E-state index >= 15 is 0 Å². The highest BCUT2D eigenvalue weighted by atomic mass is 35.5. The van der Waals surface area contributed by atoms with Crippen LogP contribution in [-0.4, -0.2) is 9.55 Å². The van der Waals surface area contributed by atoms with Crippen LogP contribution in [0.3, 0.4) is 0 Å². The third-order valence-electron chi connectivity index (χ3n) is 2.09. The number of fused-ring (bicyclic) bond motifs is 1. The highest BCUT2D eigenvalue weighted by Gasteiger charge is 2.34. The van der Waals surface area contributed by atoms with Crippen molar-refractivity contribution in [2.24, 2.45) is 7.05 Å². The molecule has 2 nitrogen and oxygen atoms in total. The van der Waals surface area contributed by atoms with Crippen molar-refractivity contribution in [2.45, 2.75) is 6.18 Å². The second-order valence-electron chi connectivity index (χ2n) is 3.16. The second-order valence-corrected chi connectivity index (χ2v) is 3.54. The minimum absolute atomic E-state index is 0.0643. The number of pyridine rings is 1. The third-order valence-corrected chi connectivity index (χ3v) is 2.30. The van der Waals surface area contributed by atoms with Gasteiger partial charge in [-0.05, 0) is 12.1 Å². The number of nitrogens with zero attached hydrogens (tertiary/aromatic N) is 2. The molecule has 0 aliphatic rings. The minimum atomic E-state index is -4.37. The van der Waals surface area contributed by atoms with E-state index in [0.29, 0.717) is 0 Å². The zero-order chi connectivity index (χ0) is 11.2. The van der Waals surface area contributed by atoms with Crippen LogP contribution in [0, 0.1) is 0 Å². The Bertz CT molecular complexity index is 516. The number of hydrogen-bond donors (Lipinski definition) is 0. The molecule has 0 bridgehead atoms. The third kappa shape index (κ3) is 1.67. The van der Waals surface area contributed by atoms with Gasteiger partial charge < -0.3 is 4.57 Å². The molecule has 2 aromatic heterocycles. The number of rotatable bonds is 0. The van der Waals surface area contributed by atoms with Crippen molar-refractivity contribution >= 4 is 22.6 Å². The van der Waals surface area contributed by atoms with E-state index in [1.165, 1.54) is 23.7 Å². The summed E-state index contributed by atoms with van der Waals surface area (Å²) in [6.45, 7) is 0. The first kappa shape index (κ1) is 10.3. The Morgan fingerprint density at radius 2 is 2.00 bits per heavy atom. The highest BCUT2D eigenvalue weighted by Crippen LogP contribution is 2.35. The van der Waals surface area contributed by atoms with Crippen LogP contribution in [0.4, 0.5) is 13.2 Å². The van der Waals surface area contributed by atoms with Crippen LogP contribution in [0.2, 0.25) is 5.15 Å². The largest absolute Gasteiger partial charge is 0.418 e. The molecule has 0 radical (unpaired) electrons. The first-order valence-electron chi connectivity index (χ1n) is 4.08. The molecule has 0 saturated heterocycles. The smallest absolute Gasteiger partial charge is 0.335 e. The van der Waals surface area contributed by atoms with E-state index in [-0.39, 0.29) is 16.2 Å². The van der Waals surface area contributed by atoms with Gasteiger partial charge in [-0.1, -0.05) is 11.6 Å². The monoisotopic (exact) mass is 234 g/mol. The predicted octanol–water partition coefficient (Wildman–Crippen LogP) is 3.25. The van der Waals surface area contributed by atoms with Crippen molar-refractivity contribution < 1.29 is 13.2 Å². The summed E-state index contributed by atoms with van der Waals surface area (Å²) < 4.78 is 39.0. The van der Waals surface area contributed by atoms with Crippen LogP contribution in [0.15, 0.2) is 18.3 Å². The number of aryl methyl sites for hydroxylation is 1. The van der Waals surface area contributed by atoms with Crippen LogP contribution in [-0.2, 0) is 13.2 Å². The van der Waals surface area contributed by atoms with Gasteiger partial charge in [-0.2, -0.15) is 13.2 Å². The lowest BCUT2D eigenvalue weighted by atomic mass is 10.2. The molecule has 2 aromatic rings. The molecule has 0 amide bonds. The molecule has 80 valence electrons. The Balaban J connectivity index is 2.79. The summed E-state index contributed by atoms with van der Waals surface area (Å²) >= 11 is 5.61. The summed E-state index contributed by atoms with van der Waals surface area (Å²) in [6.07, 6.45) is -3.36. The van der Waals surface area contributed by atoms with Crippen molar-refractivity contribution in [1.82, 2.24) is 9.55 Å². The van der Waals surface area contributed by atoms with E-state index in [0.717, 1.165) is 6.20 Å². The van der Waals surface area contributed by atoms with E-state index in [2.05, 4.69) is 4.98 Å². The van der Waals surface area contributed by atoms with Crippen molar-refractivity contribution in [3.05, 3.63) is 29.0 Å². The van der Waals surface area contributed by atoms with E-state index in [4.69, 9.17) is 11.6 Å². The van der Waals surface area contributed by atoms with Gasteiger partial charge in [0.1, 0.15) is 10.8 Å². The van der Waals surface area contributed by atoms with Crippen molar-refractivity contribution in [2.75, 3.05) is 0 Å². The van der Waals surface area contributed by atoms with Crippen molar-refractivity contribution in [3.63, 3.8) is 0 Å². The van der Waals surface area contributed by atoms with Gasteiger partial charge >= 0.3 is 6.18 Å². The van der Waals surface area contributed by atoms with Crippen LogP contribution < -0.4 is 0 Å². The lowest BCUT2D eigenvalue weighted by Gasteiger charge is -2.03. The van der Waals surface area contributed by atoms with Crippen LogP contribution in [0.25, 0.3) is 11.0 Å². The standard InChI is InChI=1S/C9H6ClF3N2/c1-15-4-6(9(11,12)13)5-2-3-7(10)14-8(5)15/h2-4H,1H3. The van der Waals surface area contributed by atoms with E-state index in [9.17, 15) is 13.2 Å². The fourth-order valence-electron chi connectivity index (χ4n) is 1.45. The lowest BCUT2D eigenvalue weighted by Crippen LogP contribution is -2.03. The van der Waals surface area contributed by atoms with Gasteiger partial charge in [0.2, 0.25) is 0 Å². The van der Waals surface area contributed by atoms with E-state index in [1.54, 1.807) is 0 Å². The molecule has 2 heterocycles. The SMILES string of the molecule is Cn1cc(C(F)(F)F)c2ccc(Cl)nc21. The highest BCUT2D eigenvalue weighted by molar-refractivity contribution is 6.29. The quantitative estimate of drug-likeness (QED) is 0.640. The summed E-state index contributed by atoms with van der Waals surface area (Å²) in [5, 5.41) is 0.242. The lowest BCUT2D eigenvalue weighted by molar-refractivity contribution is -0.136. The maximum absolute atomic E-state index is 12.6. The molecule has 0 spiro atoms. The first-order valence-corrected chi connectivity index (χ1v) is 4.46. The molecular formula is C9H6ClF3N2. The fourth-order valence-corrected chi connectivity index (χ4v) is 1.60. The predicted molar refractivity (Wildman–Crippen MR) is 50.7 cm³/mol. The molecule has 0 aromatic carbocycles. The molecule has 0 saturated carbocycles. The molecule has 15 heavy (non-hydrogen) atoms. The molecule has 6 heteroatoms. The van der Waals surface area contributed by atoms with Crippen LogP contribution in [0.1, 0.15) is 5.56 Å². The minimum Gasteiger partial charge on any atom is -0.335 e.